The molecular weight excluding hydrogens is 394 g/mol. The fourth-order valence-electron chi connectivity index (χ4n) is 5.64. The number of imide groups is 1. The molecule has 2 aromatic rings. The molecule has 0 saturated carbocycles. The standard InChI is InChI=1S/C24H25N3O4/c1-31-13-7-12-27-21(28)19-18(14-15-8-3-2-4-9-15)26-24(20(19)22(27)29)16-10-5-6-11-17(16)25-23(24)30/h2-6,8-11,18-20,26H,7,12-14H2,1H3,(H,25,30)/p+1/t18-,19+,20-,24-/m0/s1. The SMILES string of the molecule is COCCCN1C(=O)[C@@H]2[C@H](Cc3ccccc3)[NH2+][C@]3(C(=O)Nc4ccccc43)[C@@H]2C1=O. The number of hydrogen-bond donors (Lipinski definition) is 2. The van der Waals surface area contributed by atoms with Gasteiger partial charge < -0.3 is 15.4 Å². The first-order valence-corrected chi connectivity index (χ1v) is 10.7. The van der Waals surface area contributed by atoms with Crippen LogP contribution in [-0.2, 0) is 31.1 Å². The normalized spacial score (nSPS) is 28.9. The molecule has 3 heterocycles. The maximum absolute atomic E-state index is 13.6. The molecule has 7 nitrogen and oxygen atoms in total. The van der Waals surface area contributed by atoms with E-state index in [1.165, 1.54) is 4.90 Å². The highest BCUT2D eigenvalue weighted by Gasteiger charge is 2.73. The van der Waals surface area contributed by atoms with E-state index in [4.69, 9.17) is 4.74 Å². The lowest BCUT2D eigenvalue weighted by Crippen LogP contribution is -2.99. The molecule has 2 aromatic carbocycles. The van der Waals surface area contributed by atoms with Crippen molar-refractivity contribution in [2.45, 2.75) is 24.4 Å². The minimum absolute atomic E-state index is 0.169. The van der Waals surface area contributed by atoms with Crippen LogP contribution in [0.4, 0.5) is 5.69 Å². The Bertz CT molecular complexity index is 1040. The van der Waals surface area contributed by atoms with Gasteiger partial charge in [-0.3, -0.25) is 19.3 Å². The molecule has 0 aliphatic carbocycles. The first-order chi connectivity index (χ1) is 15.1. The van der Waals surface area contributed by atoms with Crippen LogP contribution < -0.4 is 10.6 Å². The summed E-state index contributed by atoms with van der Waals surface area (Å²) >= 11 is 0. The number of nitrogens with zero attached hydrogens (tertiary/aromatic N) is 1. The van der Waals surface area contributed by atoms with Gasteiger partial charge in [0.1, 0.15) is 17.9 Å². The van der Waals surface area contributed by atoms with E-state index in [0.29, 0.717) is 26.0 Å². The van der Waals surface area contributed by atoms with Gasteiger partial charge in [0.2, 0.25) is 17.4 Å². The van der Waals surface area contributed by atoms with Crippen molar-refractivity contribution in [3.05, 3.63) is 65.7 Å². The summed E-state index contributed by atoms with van der Waals surface area (Å²) in [5.41, 5.74) is 1.50. The first-order valence-electron chi connectivity index (χ1n) is 10.7. The third kappa shape index (κ3) is 2.91. The van der Waals surface area contributed by atoms with E-state index in [9.17, 15) is 14.4 Å². The van der Waals surface area contributed by atoms with Crippen LogP contribution in [-0.4, -0.2) is 48.9 Å². The van der Waals surface area contributed by atoms with Gasteiger partial charge in [0, 0.05) is 32.2 Å². The zero-order valence-corrected chi connectivity index (χ0v) is 17.4. The van der Waals surface area contributed by atoms with Crippen molar-refractivity contribution in [1.82, 2.24) is 4.90 Å². The zero-order valence-electron chi connectivity index (χ0n) is 17.4. The number of methoxy groups -OCH3 is 1. The van der Waals surface area contributed by atoms with Crippen LogP contribution in [0.25, 0.3) is 0 Å². The Kier molecular flexibility index (Phi) is 4.87. The lowest BCUT2D eigenvalue weighted by molar-refractivity contribution is -0.733. The highest BCUT2D eigenvalue weighted by molar-refractivity contribution is 6.13. The molecule has 2 saturated heterocycles. The summed E-state index contributed by atoms with van der Waals surface area (Å²) in [5, 5.41) is 4.94. The lowest BCUT2D eigenvalue weighted by Gasteiger charge is -2.26. The number of quaternary nitrogens is 1. The van der Waals surface area contributed by atoms with Gasteiger partial charge in [0.25, 0.3) is 5.91 Å². The van der Waals surface area contributed by atoms with Crippen molar-refractivity contribution in [3.8, 4) is 0 Å². The van der Waals surface area contributed by atoms with Crippen LogP contribution in [0.15, 0.2) is 54.6 Å². The second kappa shape index (κ2) is 7.59. The van der Waals surface area contributed by atoms with Gasteiger partial charge in [-0.15, -0.1) is 0 Å². The Morgan fingerprint density at radius 1 is 1.03 bits per heavy atom. The van der Waals surface area contributed by atoms with Crippen molar-refractivity contribution in [3.63, 3.8) is 0 Å². The lowest BCUT2D eigenvalue weighted by atomic mass is 9.76. The molecule has 3 aliphatic heterocycles. The van der Waals surface area contributed by atoms with Crippen LogP contribution >= 0.6 is 0 Å². The highest BCUT2D eigenvalue weighted by atomic mass is 16.5. The Labute approximate surface area is 180 Å². The van der Waals surface area contributed by atoms with E-state index in [2.05, 4.69) is 5.32 Å². The molecule has 0 bridgehead atoms. The molecule has 1 spiro atoms. The van der Waals surface area contributed by atoms with E-state index in [1.807, 2.05) is 59.9 Å². The summed E-state index contributed by atoms with van der Waals surface area (Å²) in [7, 11) is 1.60. The number of anilines is 1. The summed E-state index contributed by atoms with van der Waals surface area (Å²) in [6.07, 6.45) is 1.19. The van der Waals surface area contributed by atoms with E-state index < -0.39 is 17.4 Å². The minimum Gasteiger partial charge on any atom is -0.385 e. The van der Waals surface area contributed by atoms with Crippen LogP contribution in [0.5, 0.6) is 0 Å². The Hall–Kier alpha value is -3.03. The number of carbonyl (C=O) groups excluding carboxylic acids is 3. The van der Waals surface area contributed by atoms with E-state index in [-0.39, 0.29) is 23.8 Å². The summed E-state index contributed by atoms with van der Waals surface area (Å²) in [6.45, 7) is 0.788. The largest absolute Gasteiger partial charge is 0.385 e. The Morgan fingerprint density at radius 2 is 1.77 bits per heavy atom. The van der Waals surface area contributed by atoms with Gasteiger partial charge in [-0.25, -0.2) is 0 Å². The number of likely N-dealkylation sites (tertiary alicyclic amines) is 1. The molecule has 160 valence electrons. The average molecular weight is 420 g/mol. The second-order valence-electron chi connectivity index (χ2n) is 8.57. The van der Waals surface area contributed by atoms with Gasteiger partial charge in [0.15, 0.2) is 0 Å². The third-order valence-electron chi connectivity index (χ3n) is 6.91. The molecule has 3 N–H and O–H groups in total. The maximum Gasteiger partial charge on any atom is 0.291 e. The van der Waals surface area contributed by atoms with E-state index in [1.54, 1.807) is 7.11 Å². The average Bonchev–Trinajstić information content (AvgIpc) is 3.35. The highest BCUT2D eigenvalue weighted by Crippen LogP contribution is 2.49. The van der Waals surface area contributed by atoms with Gasteiger partial charge in [0.05, 0.1) is 5.69 Å². The summed E-state index contributed by atoms with van der Waals surface area (Å²) < 4.78 is 5.10. The van der Waals surface area contributed by atoms with Gasteiger partial charge in [-0.1, -0.05) is 48.5 Å². The first kappa shape index (κ1) is 19.9. The van der Waals surface area contributed by atoms with Crippen LogP contribution in [0.3, 0.4) is 0 Å². The minimum atomic E-state index is -1.11. The summed E-state index contributed by atoms with van der Waals surface area (Å²) in [6, 6.07) is 17.2. The van der Waals surface area contributed by atoms with E-state index in [0.717, 1.165) is 16.8 Å². The second-order valence-corrected chi connectivity index (χ2v) is 8.57. The number of amides is 3. The predicted molar refractivity (Wildman–Crippen MR) is 113 cm³/mol. The van der Waals surface area contributed by atoms with Crippen molar-refractivity contribution in [2.75, 3.05) is 25.6 Å². The van der Waals surface area contributed by atoms with Gasteiger partial charge in [-0.05, 0) is 18.1 Å². The molecule has 4 atom stereocenters. The summed E-state index contributed by atoms with van der Waals surface area (Å²) in [5.74, 6) is -1.87. The van der Waals surface area contributed by atoms with Crippen LogP contribution in [0, 0.1) is 11.8 Å². The van der Waals surface area contributed by atoms with Gasteiger partial charge >= 0.3 is 0 Å². The number of carbonyl (C=O) groups is 3. The third-order valence-corrected chi connectivity index (χ3v) is 6.91. The fraction of sp³-hybridized carbons (Fsp3) is 0.375. The number of rotatable bonds is 6. The number of ether oxygens (including phenoxy) is 1. The number of para-hydroxylation sites is 1. The molecule has 7 heteroatoms. The molecular formula is C24H26N3O4+. The molecule has 0 aromatic heterocycles. The molecule has 31 heavy (non-hydrogen) atoms. The smallest absolute Gasteiger partial charge is 0.291 e. The van der Waals surface area contributed by atoms with E-state index >= 15 is 0 Å². The molecule has 5 rings (SSSR count). The summed E-state index contributed by atoms with van der Waals surface area (Å²) in [4.78, 5) is 41.8. The van der Waals surface area contributed by atoms with Crippen molar-refractivity contribution in [2.24, 2.45) is 11.8 Å². The number of nitrogens with two attached hydrogens (primary N) is 1. The van der Waals surface area contributed by atoms with Crippen molar-refractivity contribution < 1.29 is 24.4 Å². The molecule has 3 amide bonds. The van der Waals surface area contributed by atoms with Crippen LogP contribution in [0.1, 0.15) is 17.5 Å². The number of hydrogen-bond acceptors (Lipinski definition) is 4. The van der Waals surface area contributed by atoms with Crippen molar-refractivity contribution in [1.29, 1.82) is 0 Å². The van der Waals surface area contributed by atoms with Crippen molar-refractivity contribution >= 4 is 23.4 Å². The molecule has 0 unspecified atom stereocenters. The quantitative estimate of drug-likeness (QED) is 0.531. The number of benzene rings is 2. The fourth-order valence-corrected chi connectivity index (χ4v) is 5.64. The zero-order chi connectivity index (χ0) is 21.6. The monoisotopic (exact) mass is 420 g/mol. The van der Waals surface area contributed by atoms with Gasteiger partial charge in [-0.2, -0.15) is 0 Å². The number of fused-ring (bicyclic) bond motifs is 4. The topological polar surface area (TPSA) is 92.3 Å². The Balaban J connectivity index is 1.57. The molecule has 2 fully saturated rings. The van der Waals surface area contributed by atoms with Crippen LogP contribution in [0.2, 0.25) is 0 Å². The molecule has 3 aliphatic rings. The Morgan fingerprint density at radius 3 is 2.55 bits per heavy atom. The number of nitrogens with one attached hydrogen (secondary N) is 1. The maximum atomic E-state index is 13.6. The predicted octanol–water partition coefficient (Wildman–Crippen LogP) is 0.660. The molecule has 0 radical (unpaired) electrons.